The smallest absolute Gasteiger partial charge is 0.279 e. The number of carbonyl (C=O) groups excluding carboxylic acids is 1. The van der Waals surface area contributed by atoms with Gasteiger partial charge in [0.2, 0.25) is 0 Å². The highest BCUT2D eigenvalue weighted by Gasteiger charge is 2.22. The predicted molar refractivity (Wildman–Crippen MR) is 144 cm³/mol. The molecule has 0 fully saturated rings. The van der Waals surface area contributed by atoms with Crippen molar-refractivity contribution in [3.8, 4) is 22.3 Å². The highest BCUT2D eigenvalue weighted by molar-refractivity contribution is 7.92. The molecule has 0 atom stereocenters. The number of pyridine rings is 2. The van der Waals surface area contributed by atoms with Gasteiger partial charge in [0, 0.05) is 62.6 Å². The fourth-order valence-corrected chi connectivity index (χ4v) is 5.14. The van der Waals surface area contributed by atoms with E-state index in [1.165, 1.54) is 15.5 Å². The maximum Gasteiger partial charge on any atom is 0.279 e. The molecule has 0 aliphatic heterocycles. The van der Waals surface area contributed by atoms with Gasteiger partial charge in [-0.1, -0.05) is 12.1 Å². The van der Waals surface area contributed by atoms with E-state index in [9.17, 15) is 13.2 Å². The molecular formula is C26H24N8O3S. The van der Waals surface area contributed by atoms with Crippen molar-refractivity contribution in [2.45, 2.75) is 5.03 Å². The third-order valence-electron chi connectivity index (χ3n) is 5.96. The first-order valence-corrected chi connectivity index (χ1v) is 13.0. The number of nitrogens with zero attached hydrogens (tertiary/aromatic N) is 6. The first-order valence-electron chi connectivity index (χ1n) is 11.5. The molecule has 0 unspecified atom stereocenters. The molecular weight excluding hydrogens is 504 g/mol. The van der Waals surface area contributed by atoms with Gasteiger partial charge in [0.05, 0.1) is 18.1 Å². The highest BCUT2D eigenvalue weighted by Crippen LogP contribution is 2.27. The van der Waals surface area contributed by atoms with Gasteiger partial charge in [-0.3, -0.25) is 23.6 Å². The number of sulfonamides is 1. The third-order valence-corrected chi connectivity index (χ3v) is 7.30. The fraction of sp³-hybridized carbons (Fsp3) is 0.115. The Morgan fingerprint density at radius 1 is 0.947 bits per heavy atom. The molecule has 12 heteroatoms. The van der Waals surface area contributed by atoms with Gasteiger partial charge in [-0.2, -0.15) is 13.5 Å². The van der Waals surface area contributed by atoms with Gasteiger partial charge >= 0.3 is 0 Å². The Bertz CT molecular complexity index is 1790. The van der Waals surface area contributed by atoms with Crippen molar-refractivity contribution in [3.63, 3.8) is 0 Å². The van der Waals surface area contributed by atoms with E-state index in [0.29, 0.717) is 16.8 Å². The third kappa shape index (κ3) is 4.64. The lowest BCUT2D eigenvalue weighted by Gasteiger charge is -2.12. The molecule has 0 aliphatic carbocycles. The second kappa shape index (κ2) is 9.56. The summed E-state index contributed by atoms with van der Waals surface area (Å²) in [6, 6.07) is 12.3. The molecule has 38 heavy (non-hydrogen) atoms. The quantitative estimate of drug-likeness (QED) is 0.311. The van der Waals surface area contributed by atoms with Crippen molar-refractivity contribution in [1.29, 1.82) is 5.41 Å². The van der Waals surface area contributed by atoms with Crippen LogP contribution in [-0.4, -0.2) is 63.7 Å². The monoisotopic (exact) mass is 528 g/mol. The second-order valence-electron chi connectivity index (χ2n) is 8.83. The van der Waals surface area contributed by atoms with Crippen molar-refractivity contribution >= 4 is 33.5 Å². The minimum atomic E-state index is -4.11. The van der Waals surface area contributed by atoms with Crippen LogP contribution < -0.4 is 4.72 Å². The van der Waals surface area contributed by atoms with Crippen LogP contribution in [0.5, 0.6) is 0 Å². The molecule has 4 heterocycles. The molecule has 0 bridgehead atoms. The van der Waals surface area contributed by atoms with Crippen LogP contribution in [-0.2, 0) is 17.1 Å². The number of nitrogens with one attached hydrogen (secondary N) is 2. The number of hydrogen-bond acceptors (Lipinski definition) is 7. The van der Waals surface area contributed by atoms with Crippen LogP contribution in [0.4, 0.5) is 5.69 Å². The Morgan fingerprint density at radius 2 is 1.68 bits per heavy atom. The SMILES string of the molecule is CN(C)C(=O)c1ccc(-c2ccc3ncc(S(=O)(=O)Nc4cc(-c5cnn(C)c5)cnc4C=N)n3c2)cc1. The summed E-state index contributed by atoms with van der Waals surface area (Å²) in [6.07, 6.45) is 8.95. The van der Waals surface area contributed by atoms with Crippen molar-refractivity contribution in [1.82, 2.24) is 29.0 Å². The molecule has 0 aliphatic rings. The summed E-state index contributed by atoms with van der Waals surface area (Å²) < 4.78 is 32.7. The summed E-state index contributed by atoms with van der Waals surface area (Å²) in [5.41, 5.74) is 4.30. The number of aromatic nitrogens is 5. The molecule has 0 saturated carbocycles. The highest BCUT2D eigenvalue weighted by atomic mass is 32.2. The van der Waals surface area contributed by atoms with Gasteiger partial charge < -0.3 is 10.3 Å². The predicted octanol–water partition coefficient (Wildman–Crippen LogP) is 3.30. The zero-order valence-electron chi connectivity index (χ0n) is 20.8. The first-order chi connectivity index (χ1) is 18.2. The molecule has 1 amide bonds. The van der Waals surface area contributed by atoms with Gasteiger partial charge in [0.15, 0.2) is 5.03 Å². The Morgan fingerprint density at radius 3 is 2.34 bits per heavy atom. The largest absolute Gasteiger partial charge is 0.345 e. The molecule has 2 N–H and O–H groups in total. The van der Waals surface area contributed by atoms with Crippen molar-refractivity contribution < 1.29 is 13.2 Å². The molecule has 11 nitrogen and oxygen atoms in total. The summed E-state index contributed by atoms with van der Waals surface area (Å²) in [5.74, 6) is -0.104. The summed E-state index contributed by atoms with van der Waals surface area (Å²) >= 11 is 0. The topological polar surface area (TPSA) is 138 Å². The zero-order valence-corrected chi connectivity index (χ0v) is 21.6. The number of aryl methyl sites for hydroxylation is 1. The van der Waals surface area contributed by atoms with Gasteiger partial charge in [0.1, 0.15) is 11.3 Å². The summed E-state index contributed by atoms with van der Waals surface area (Å²) in [6.45, 7) is 0. The van der Waals surface area contributed by atoms with E-state index >= 15 is 0 Å². The van der Waals surface area contributed by atoms with Crippen LogP contribution >= 0.6 is 0 Å². The number of hydrogen-bond donors (Lipinski definition) is 2. The van der Waals surface area contributed by atoms with Crippen LogP contribution in [0.15, 0.2) is 78.5 Å². The molecule has 5 aromatic rings. The van der Waals surface area contributed by atoms with Gasteiger partial charge in [0.25, 0.3) is 15.9 Å². The molecule has 0 spiro atoms. The molecule has 4 aromatic heterocycles. The van der Waals surface area contributed by atoms with E-state index in [1.54, 1.807) is 74.9 Å². The van der Waals surface area contributed by atoms with Crippen LogP contribution in [0.3, 0.4) is 0 Å². The van der Waals surface area contributed by atoms with Crippen molar-refractivity contribution in [2.24, 2.45) is 7.05 Å². The fourth-order valence-electron chi connectivity index (χ4n) is 3.99. The van der Waals surface area contributed by atoms with Crippen molar-refractivity contribution in [2.75, 3.05) is 18.8 Å². The van der Waals surface area contributed by atoms with Crippen molar-refractivity contribution in [3.05, 3.63) is 84.7 Å². The van der Waals surface area contributed by atoms with Gasteiger partial charge in [-0.05, 0) is 41.5 Å². The number of anilines is 1. The minimum absolute atomic E-state index is 0.0727. The maximum atomic E-state index is 13.5. The number of imidazole rings is 1. The molecule has 0 radical (unpaired) electrons. The van der Waals surface area contributed by atoms with E-state index in [-0.39, 0.29) is 22.3 Å². The van der Waals surface area contributed by atoms with E-state index in [1.807, 2.05) is 18.2 Å². The van der Waals surface area contributed by atoms with E-state index in [2.05, 4.69) is 19.8 Å². The van der Waals surface area contributed by atoms with Crippen LogP contribution in [0.2, 0.25) is 0 Å². The van der Waals surface area contributed by atoms with Gasteiger partial charge in [-0.25, -0.2) is 4.98 Å². The molecule has 5 rings (SSSR count). The Balaban J connectivity index is 1.50. The average molecular weight is 529 g/mol. The van der Waals surface area contributed by atoms with Crippen LogP contribution in [0, 0.1) is 5.41 Å². The number of fused-ring (bicyclic) bond motifs is 1. The average Bonchev–Trinajstić information content (AvgIpc) is 3.54. The van der Waals surface area contributed by atoms with Gasteiger partial charge in [-0.15, -0.1) is 0 Å². The second-order valence-corrected chi connectivity index (χ2v) is 10.5. The number of amides is 1. The molecule has 192 valence electrons. The molecule has 0 saturated heterocycles. The van der Waals surface area contributed by atoms with E-state index in [0.717, 1.165) is 22.9 Å². The van der Waals surface area contributed by atoms with E-state index < -0.39 is 10.0 Å². The standard InChI is InChI=1S/C26H24N8O3S/c1-32(2)26(35)18-6-4-17(5-7-18)19-8-9-24-29-14-25(34(24)16-19)38(36,37)31-22-10-20(12-28-23(22)11-27)21-13-30-33(3)15-21/h4-16,27,31H,1-3H3. The van der Waals surface area contributed by atoms with E-state index in [4.69, 9.17) is 5.41 Å². The Kier molecular flexibility index (Phi) is 6.25. The summed E-state index contributed by atoms with van der Waals surface area (Å²) in [7, 11) is 1.05. The summed E-state index contributed by atoms with van der Waals surface area (Å²) in [4.78, 5) is 22.2. The normalized spacial score (nSPS) is 11.4. The zero-order chi connectivity index (χ0) is 27.0. The Labute approximate surface area is 219 Å². The number of benzene rings is 1. The minimum Gasteiger partial charge on any atom is -0.345 e. The Hall–Kier alpha value is -4.84. The lowest BCUT2D eigenvalue weighted by Crippen LogP contribution is -2.21. The van der Waals surface area contributed by atoms with Crippen LogP contribution in [0.25, 0.3) is 27.9 Å². The first kappa shape index (κ1) is 24.8. The molecule has 1 aromatic carbocycles. The maximum absolute atomic E-state index is 13.5. The number of carbonyl (C=O) groups is 1. The summed E-state index contributed by atoms with van der Waals surface area (Å²) in [5, 5.41) is 11.8. The lowest BCUT2D eigenvalue weighted by molar-refractivity contribution is 0.0827. The number of rotatable bonds is 7. The van der Waals surface area contributed by atoms with Crippen LogP contribution in [0.1, 0.15) is 16.1 Å². The lowest BCUT2D eigenvalue weighted by atomic mass is 10.1.